The molecule has 8 heteroatoms. The molecule has 7 nitrogen and oxygen atoms in total. The fourth-order valence-corrected chi connectivity index (χ4v) is 4.10. The Morgan fingerprint density at radius 2 is 1.74 bits per heavy atom. The van der Waals surface area contributed by atoms with E-state index in [1.807, 2.05) is 34.9 Å². The van der Waals surface area contributed by atoms with Crippen LogP contribution in [0.3, 0.4) is 0 Å². The van der Waals surface area contributed by atoms with Crippen molar-refractivity contribution in [3.8, 4) is 34.0 Å². The van der Waals surface area contributed by atoms with Gasteiger partial charge in [-0.1, -0.05) is 30.3 Å². The van der Waals surface area contributed by atoms with Crippen LogP contribution in [-0.4, -0.2) is 47.7 Å². The van der Waals surface area contributed by atoms with E-state index in [-0.39, 0.29) is 24.4 Å². The Morgan fingerprint density at radius 3 is 2.40 bits per heavy atom. The normalized spacial score (nSPS) is 12.9. The van der Waals surface area contributed by atoms with E-state index in [0.29, 0.717) is 35.9 Å². The first-order valence-electron chi connectivity index (χ1n) is 11.5. The van der Waals surface area contributed by atoms with Crippen molar-refractivity contribution in [2.45, 2.75) is 44.9 Å². The largest absolute Gasteiger partial charge is 0.393 e. The number of aromatic nitrogens is 4. The number of Topliss-reactive ketones (excluding diaryl/α,β-unsaturated/α-hetero) is 1. The number of aliphatic hydroxyl groups is 2. The number of imidazole rings is 1. The summed E-state index contributed by atoms with van der Waals surface area (Å²) in [7, 11) is 0. The first-order chi connectivity index (χ1) is 16.9. The molecule has 0 spiro atoms. The molecule has 0 radical (unpaired) electrons. The number of ketones is 1. The van der Waals surface area contributed by atoms with Gasteiger partial charge in [0.1, 0.15) is 23.8 Å². The summed E-state index contributed by atoms with van der Waals surface area (Å²) in [6.07, 6.45) is 1.82. The monoisotopic (exact) mass is 474 g/mol. The van der Waals surface area contributed by atoms with Gasteiger partial charge in [0, 0.05) is 30.3 Å². The molecular formula is C27H27FN4O3. The van der Waals surface area contributed by atoms with E-state index in [4.69, 9.17) is 4.98 Å². The maximum Gasteiger partial charge on any atom is 0.141 e. The molecule has 2 aromatic carbocycles. The van der Waals surface area contributed by atoms with Crippen LogP contribution in [0.15, 0.2) is 73.2 Å². The van der Waals surface area contributed by atoms with Gasteiger partial charge in [-0.05, 0) is 50.1 Å². The first kappa shape index (κ1) is 24.4. The molecule has 0 aliphatic rings. The molecule has 180 valence electrons. The summed E-state index contributed by atoms with van der Waals surface area (Å²) in [4.78, 5) is 24.7. The van der Waals surface area contributed by atoms with Gasteiger partial charge in [0.2, 0.25) is 0 Å². The molecule has 0 aliphatic carbocycles. The van der Waals surface area contributed by atoms with Gasteiger partial charge in [0.15, 0.2) is 0 Å². The molecule has 2 N–H and O–H groups in total. The van der Waals surface area contributed by atoms with Crippen LogP contribution >= 0.6 is 0 Å². The van der Waals surface area contributed by atoms with E-state index in [0.717, 1.165) is 11.1 Å². The van der Waals surface area contributed by atoms with E-state index in [1.165, 1.54) is 25.4 Å². The molecular weight excluding hydrogens is 447 g/mol. The maximum atomic E-state index is 13.7. The second-order valence-electron chi connectivity index (χ2n) is 8.49. The lowest BCUT2D eigenvalue weighted by Gasteiger charge is -2.17. The minimum Gasteiger partial charge on any atom is -0.393 e. The number of hydrogen-bond donors (Lipinski definition) is 2. The molecule has 0 fully saturated rings. The second kappa shape index (κ2) is 11.1. The van der Waals surface area contributed by atoms with E-state index in [1.54, 1.807) is 24.4 Å². The lowest BCUT2D eigenvalue weighted by Crippen LogP contribution is -2.21. The van der Waals surface area contributed by atoms with Crippen LogP contribution in [0.1, 0.15) is 26.2 Å². The van der Waals surface area contributed by atoms with Crippen molar-refractivity contribution < 1.29 is 19.4 Å². The zero-order valence-electron chi connectivity index (χ0n) is 19.4. The van der Waals surface area contributed by atoms with Gasteiger partial charge >= 0.3 is 0 Å². The Hall–Kier alpha value is -3.75. The van der Waals surface area contributed by atoms with Gasteiger partial charge in [-0.15, -0.1) is 0 Å². The summed E-state index contributed by atoms with van der Waals surface area (Å²) in [5.41, 5.74) is 3.60. The molecule has 0 saturated heterocycles. The van der Waals surface area contributed by atoms with Gasteiger partial charge < -0.3 is 14.8 Å². The molecule has 4 rings (SSSR count). The van der Waals surface area contributed by atoms with Gasteiger partial charge in [-0.3, -0.25) is 4.79 Å². The standard InChI is InChI=1S/C27H27FN4O3/c1-18(33)15-23(35)16-22(34)12-14-32-26(24-11-13-29-17-30-24)25(19-7-9-21(28)10-8-19)31-27(32)20-5-3-2-4-6-20/h2-11,13,17,22-23,34-35H,12,14-16H2,1H3/t22-,23+/m1/s1. The van der Waals surface area contributed by atoms with E-state index < -0.39 is 12.2 Å². The molecule has 2 heterocycles. The lowest BCUT2D eigenvalue weighted by molar-refractivity contribution is -0.119. The number of rotatable bonds is 10. The van der Waals surface area contributed by atoms with Crippen LogP contribution < -0.4 is 0 Å². The SMILES string of the molecule is CC(=O)C[C@H](O)C[C@H](O)CCn1c(-c2ccccc2)nc(-c2ccc(F)cc2)c1-c1ccncn1. The highest BCUT2D eigenvalue weighted by atomic mass is 19.1. The van der Waals surface area contributed by atoms with Gasteiger partial charge in [-0.25, -0.2) is 19.3 Å². The van der Waals surface area contributed by atoms with Crippen molar-refractivity contribution in [2.75, 3.05) is 0 Å². The second-order valence-corrected chi connectivity index (χ2v) is 8.49. The highest BCUT2D eigenvalue weighted by molar-refractivity contribution is 5.80. The average Bonchev–Trinajstić information content (AvgIpc) is 3.23. The Bertz CT molecular complexity index is 1260. The van der Waals surface area contributed by atoms with Crippen LogP contribution in [0, 0.1) is 5.82 Å². The predicted molar refractivity (Wildman–Crippen MR) is 131 cm³/mol. The maximum absolute atomic E-state index is 13.7. The third-order valence-corrected chi connectivity index (χ3v) is 5.69. The molecule has 0 aliphatic heterocycles. The summed E-state index contributed by atoms with van der Waals surface area (Å²) in [6, 6.07) is 17.6. The molecule has 0 saturated carbocycles. The minimum atomic E-state index is -0.894. The number of carbonyl (C=O) groups is 1. The number of hydrogen-bond acceptors (Lipinski definition) is 6. The minimum absolute atomic E-state index is 0.0122. The fourth-order valence-electron chi connectivity index (χ4n) is 4.10. The van der Waals surface area contributed by atoms with Gasteiger partial charge in [0.25, 0.3) is 0 Å². The average molecular weight is 475 g/mol. The number of carbonyl (C=O) groups excluding carboxylic acids is 1. The van der Waals surface area contributed by atoms with Gasteiger partial charge in [0.05, 0.1) is 29.3 Å². The summed E-state index contributed by atoms with van der Waals surface area (Å²) >= 11 is 0. The van der Waals surface area contributed by atoms with Gasteiger partial charge in [-0.2, -0.15) is 0 Å². The van der Waals surface area contributed by atoms with Crippen LogP contribution in [0.25, 0.3) is 34.0 Å². The number of nitrogens with zero attached hydrogens (tertiary/aromatic N) is 4. The summed E-state index contributed by atoms with van der Waals surface area (Å²) < 4.78 is 15.6. The van der Waals surface area contributed by atoms with Crippen molar-refractivity contribution in [3.05, 3.63) is 79.0 Å². The highest BCUT2D eigenvalue weighted by Gasteiger charge is 2.23. The highest BCUT2D eigenvalue weighted by Crippen LogP contribution is 2.35. The Labute approximate surface area is 203 Å². The van der Waals surface area contributed by atoms with Crippen LogP contribution in [0.2, 0.25) is 0 Å². The van der Waals surface area contributed by atoms with Crippen molar-refractivity contribution in [1.82, 2.24) is 19.5 Å². The summed E-state index contributed by atoms with van der Waals surface area (Å²) in [5, 5.41) is 20.7. The van der Waals surface area contributed by atoms with E-state index in [9.17, 15) is 19.4 Å². The fraction of sp³-hybridized carbons (Fsp3) is 0.259. The zero-order valence-corrected chi connectivity index (χ0v) is 19.4. The van der Waals surface area contributed by atoms with Crippen LogP contribution in [0.5, 0.6) is 0 Å². The number of aliphatic hydroxyl groups excluding tert-OH is 2. The van der Waals surface area contributed by atoms with Crippen molar-refractivity contribution in [3.63, 3.8) is 0 Å². The van der Waals surface area contributed by atoms with Crippen molar-refractivity contribution >= 4 is 5.78 Å². The van der Waals surface area contributed by atoms with Crippen molar-refractivity contribution in [2.24, 2.45) is 0 Å². The predicted octanol–water partition coefficient (Wildman–Crippen LogP) is 4.29. The summed E-state index contributed by atoms with van der Waals surface area (Å²) in [6.45, 7) is 1.80. The molecule has 2 atom stereocenters. The Morgan fingerprint density at radius 1 is 1.00 bits per heavy atom. The first-order valence-corrected chi connectivity index (χ1v) is 11.5. The Balaban J connectivity index is 1.78. The smallest absolute Gasteiger partial charge is 0.141 e. The molecule has 2 aromatic heterocycles. The van der Waals surface area contributed by atoms with Crippen LogP contribution in [0.4, 0.5) is 4.39 Å². The zero-order chi connectivity index (χ0) is 24.8. The Kier molecular flexibility index (Phi) is 7.74. The third kappa shape index (κ3) is 6.03. The number of benzene rings is 2. The topological polar surface area (TPSA) is 101 Å². The molecule has 4 aromatic rings. The quantitative estimate of drug-likeness (QED) is 0.356. The number of halogens is 1. The van der Waals surface area contributed by atoms with Crippen molar-refractivity contribution in [1.29, 1.82) is 0 Å². The molecule has 0 bridgehead atoms. The van der Waals surface area contributed by atoms with E-state index in [2.05, 4.69) is 9.97 Å². The van der Waals surface area contributed by atoms with E-state index >= 15 is 0 Å². The lowest BCUT2D eigenvalue weighted by atomic mass is 10.0. The molecule has 0 unspecified atom stereocenters. The molecule has 35 heavy (non-hydrogen) atoms. The van der Waals surface area contributed by atoms with Crippen LogP contribution in [-0.2, 0) is 11.3 Å². The third-order valence-electron chi connectivity index (χ3n) is 5.69. The summed E-state index contributed by atoms with van der Waals surface area (Å²) in [5.74, 6) is 0.211. The molecule has 0 amide bonds.